The van der Waals surface area contributed by atoms with E-state index in [2.05, 4.69) is 5.32 Å². The number of ether oxygens (including phenoxy) is 3. The molecule has 0 fully saturated rings. The number of carbonyl (C=O) groups is 2. The maximum atomic E-state index is 12.4. The van der Waals surface area contributed by atoms with Gasteiger partial charge >= 0.3 is 5.97 Å². The Hall–Kier alpha value is -3.53. The third kappa shape index (κ3) is 6.25. The summed E-state index contributed by atoms with van der Waals surface area (Å²) < 4.78 is 16.2. The van der Waals surface area contributed by atoms with Gasteiger partial charge in [0.2, 0.25) is 0 Å². The van der Waals surface area contributed by atoms with Crippen molar-refractivity contribution in [1.29, 1.82) is 5.26 Å². The van der Waals surface area contributed by atoms with Crippen LogP contribution >= 0.6 is 0 Å². The molecule has 0 radical (unpaired) electrons. The second-order valence-electron chi connectivity index (χ2n) is 6.80. The molecule has 1 N–H and O–H groups in total. The number of nitrogens with zero attached hydrogens (tertiary/aromatic N) is 1. The molecule has 2 rings (SSSR count). The number of rotatable bonds is 8. The number of carbonyl (C=O) groups excluding carboxylic acids is 2. The Morgan fingerprint density at radius 1 is 1.10 bits per heavy atom. The number of nitriles is 1. The zero-order chi connectivity index (χ0) is 21.4. The zero-order valence-corrected chi connectivity index (χ0v) is 16.9. The average Bonchev–Trinajstić information content (AvgIpc) is 2.71. The normalized spacial score (nSPS) is 11.3. The lowest BCUT2D eigenvalue weighted by Gasteiger charge is -2.15. The lowest BCUT2D eigenvalue weighted by molar-refractivity contribution is -0.123. The smallest absolute Gasteiger partial charge is 0.339 e. The fourth-order valence-corrected chi connectivity index (χ4v) is 2.36. The summed E-state index contributed by atoms with van der Waals surface area (Å²) in [5.41, 5.74) is 1.11. The van der Waals surface area contributed by atoms with Gasteiger partial charge in [0.05, 0.1) is 30.9 Å². The first-order valence-electron chi connectivity index (χ1n) is 9.17. The predicted molar refractivity (Wildman–Crippen MR) is 108 cm³/mol. The summed E-state index contributed by atoms with van der Waals surface area (Å²) in [4.78, 5) is 24.7. The number of anilines is 1. The Bertz CT molecular complexity index is 918. The van der Waals surface area contributed by atoms with Gasteiger partial charge in [-0.05, 0) is 49.2 Å². The highest BCUT2D eigenvalue weighted by molar-refractivity contribution is 5.97. The minimum Gasteiger partial charge on any atom is -0.493 e. The molecule has 0 aliphatic heterocycles. The second-order valence-corrected chi connectivity index (χ2v) is 6.80. The predicted octanol–water partition coefficient (Wildman–Crippen LogP) is 3.79. The summed E-state index contributed by atoms with van der Waals surface area (Å²) in [6, 6.07) is 13.2. The van der Waals surface area contributed by atoms with Crippen LogP contribution in [0.25, 0.3) is 0 Å². The van der Waals surface area contributed by atoms with Gasteiger partial charge in [-0.3, -0.25) is 4.79 Å². The number of hydrogen-bond acceptors (Lipinski definition) is 6. The number of nitrogens with one attached hydrogen (secondary N) is 1. The van der Waals surface area contributed by atoms with Gasteiger partial charge < -0.3 is 19.5 Å². The fourth-order valence-electron chi connectivity index (χ4n) is 2.36. The molecule has 1 atom stereocenters. The van der Waals surface area contributed by atoms with Crippen LogP contribution in [0.1, 0.15) is 36.7 Å². The van der Waals surface area contributed by atoms with Crippen molar-refractivity contribution in [3.05, 3.63) is 53.6 Å². The fraction of sp³-hybridized carbons (Fsp3) is 0.318. The molecular formula is C22H24N2O5. The van der Waals surface area contributed by atoms with Gasteiger partial charge in [-0.15, -0.1) is 0 Å². The zero-order valence-electron chi connectivity index (χ0n) is 16.9. The molecule has 7 heteroatoms. The highest BCUT2D eigenvalue weighted by Crippen LogP contribution is 2.29. The monoisotopic (exact) mass is 396 g/mol. The van der Waals surface area contributed by atoms with Crippen LogP contribution in [-0.4, -0.2) is 31.7 Å². The minimum atomic E-state index is -1.03. The molecule has 2 aromatic rings. The molecule has 2 aromatic carbocycles. The van der Waals surface area contributed by atoms with E-state index in [4.69, 9.17) is 19.5 Å². The highest BCUT2D eigenvalue weighted by atomic mass is 16.5. The lowest BCUT2D eigenvalue weighted by Crippen LogP contribution is -2.30. The summed E-state index contributed by atoms with van der Waals surface area (Å²) >= 11 is 0. The summed E-state index contributed by atoms with van der Waals surface area (Å²) in [7, 11) is 1.48. The van der Waals surface area contributed by atoms with Crippen LogP contribution in [-0.2, 0) is 9.53 Å². The van der Waals surface area contributed by atoms with Crippen LogP contribution in [0, 0.1) is 17.2 Å². The summed E-state index contributed by atoms with van der Waals surface area (Å²) in [5, 5.41) is 11.5. The van der Waals surface area contributed by atoms with Gasteiger partial charge in [-0.2, -0.15) is 5.26 Å². The van der Waals surface area contributed by atoms with E-state index in [0.29, 0.717) is 35.3 Å². The second kappa shape index (κ2) is 10.1. The van der Waals surface area contributed by atoms with Crippen molar-refractivity contribution in [3.8, 4) is 17.6 Å². The van der Waals surface area contributed by atoms with Gasteiger partial charge in [0.1, 0.15) is 0 Å². The molecule has 0 aliphatic rings. The SMILES string of the molecule is COc1cc(C(=O)OC(C)C(=O)Nc2cccc(C#N)c2)ccc1OCC(C)C. The van der Waals surface area contributed by atoms with E-state index in [9.17, 15) is 9.59 Å². The average molecular weight is 396 g/mol. The van der Waals surface area contributed by atoms with Gasteiger partial charge in [0.25, 0.3) is 5.91 Å². The Labute approximate surface area is 170 Å². The Morgan fingerprint density at radius 3 is 2.52 bits per heavy atom. The van der Waals surface area contributed by atoms with E-state index >= 15 is 0 Å². The number of methoxy groups -OCH3 is 1. The maximum absolute atomic E-state index is 12.4. The van der Waals surface area contributed by atoms with E-state index in [-0.39, 0.29) is 5.56 Å². The van der Waals surface area contributed by atoms with E-state index in [1.165, 1.54) is 26.2 Å². The summed E-state index contributed by atoms with van der Waals surface area (Å²) in [5.74, 6) is 0.119. The van der Waals surface area contributed by atoms with Crippen LogP contribution in [0.3, 0.4) is 0 Å². The maximum Gasteiger partial charge on any atom is 0.339 e. The quantitative estimate of drug-likeness (QED) is 0.682. The molecule has 29 heavy (non-hydrogen) atoms. The Morgan fingerprint density at radius 2 is 1.86 bits per heavy atom. The van der Waals surface area contributed by atoms with Crippen LogP contribution in [0.4, 0.5) is 5.69 Å². The first-order valence-corrected chi connectivity index (χ1v) is 9.17. The molecule has 0 spiro atoms. The topological polar surface area (TPSA) is 97.6 Å². The molecule has 1 amide bonds. The van der Waals surface area contributed by atoms with Gasteiger partial charge in [0, 0.05) is 5.69 Å². The van der Waals surface area contributed by atoms with Crippen LogP contribution < -0.4 is 14.8 Å². The van der Waals surface area contributed by atoms with Crippen molar-refractivity contribution in [2.75, 3.05) is 19.0 Å². The van der Waals surface area contributed by atoms with Crippen molar-refractivity contribution in [3.63, 3.8) is 0 Å². The largest absolute Gasteiger partial charge is 0.493 e. The van der Waals surface area contributed by atoms with E-state index < -0.39 is 18.0 Å². The summed E-state index contributed by atoms with van der Waals surface area (Å²) in [6.45, 7) is 6.05. The first kappa shape index (κ1) is 21.8. The number of hydrogen-bond donors (Lipinski definition) is 1. The molecular weight excluding hydrogens is 372 g/mol. The molecule has 0 saturated heterocycles. The molecule has 7 nitrogen and oxygen atoms in total. The van der Waals surface area contributed by atoms with Crippen LogP contribution in [0.2, 0.25) is 0 Å². The molecule has 0 saturated carbocycles. The number of amides is 1. The highest BCUT2D eigenvalue weighted by Gasteiger charge is 2.20. The molecule has 152 valence electrons. The van der Waals surface area contributed by atoms with Gasteiger partial charge in [0.15, 0.2) is 17.6 Å². The number of esters is 1. The first-order chi connectivity index (χ1) is 13.8. The molecule has 1 unspecified atom stereocenters. The van der Waals surface area contributed by atoms with E-state index in [0.717, 1.165) is 0 Å². The Kier molecular flexibility index (Phi) is 7.61. The van der Waals surface area contributed by atoms with Crippen molar-refractivity contribution in [2.24, 2.45) is 5.92 Å². The van der Waals surface area contributed by atoms with Crippen molar-refractivity contribution in [2.45, 2.75) is 26.9 Å². The lowest BCUT2D eigenvalue weighted by atomic mass is 10.2. The van der Waals surface area contributed by atoms with Crippen molar-refractivity contribution in [1.82, 2.24) is 0 Å². The number of benzene rings is 2. The van der Waals surface area contributed by atoms with Crippen LogP contribution in [0.15, 0.2) is 42.5 Å². The molecule has 0 aliphatic carbocycles. The van der Waals surface area contributed by atoms with Crippen molar-refractivity contribution < 1.29 is 23.8 Å². The molecule has 0 bridgehead atoms. The third-order valence-electron chi connectivity index (χ3n) is 3.88. The van der Waals surface area contributed by atoms with E-state index in [1.54, 1.807) is 30.3 Å². The van der Waals surface area contributed by atoms with Crippen molar-refractivity contribution >= 4 is 17.6 Å². The van der Waals surface area contributed by atoms with Gasteiger partial charge in [-0.25, -0.2) is 4.79 Å². The van der Waals surface area contributed by atoms with E-state index in [1.807, 2.05) is 19.9 Å². The third-order valence-corrected chi connectivity index (χ3v) is 3.88. The summed E-state index contributed by atoms with van der Waals surface area (Å²) in [6.07, 6.45) is -1.03. The van der Waals surface area contributed by atoms with Gasteiger partial charge in [-0.1, -0.05) is 19.9 Å². The standard InChI is InChI=1S/C22H24N2O5/c1-14(2)13-28-19-9-8-17(11-20(19)27-4)22(26)29-15(3)21(25)24-18-7-5-6-16(10-18)12-23/h5-11,14-15H,13H2,1-4H3,(H,24,25). The molecule has 0 aromatic heterocycles. The molecule has 0 heterocycles. The Balaban J connectivity index is 2.02. The van der Waals surface area contributed by atoms with Crippen LogP contribution in [0.5, 0.6) is 11.5 Å². The minimum absolute atomic E-state index is 0.241.